The fourth-order valence-electron chi connectivity index (χ4n) is 6.04. The van der Waals surface area contributed by atoms with Crippen LogP contribution in [0.15, 0.2) is 60.9 Å². The van der Waals surface area contributed by atoms with Crippen molar-refractivity contribution in [3.63, 3.8) is 0 Å². The van der Waals surface area contributed by atoms with Crippen molar-refractivity contribution in [1.29, 1.82) is 0 Å². The van der Waals surface area contributed by atoms with Crippen LogP contribution < -0.4 is 15.4 Å². The lowest BCUT2D eigenvalue weighted by atomic mass is 9.72. The van der Waals surface area contributed by atoms with Crippen LogP contribution in [-0.2, 0) is 24.2 Å². The summed E-state index contributed by atoms with van der Waals surface area (Å²) in [6.07, 6.45) is 8.46. The van der Waals surface area contributed by atoms with Crippen LogP contribution in [0.5, 0.6) is 5.75 Å². The molecule has 0 saturated heterocycles. The number of carbonyl (C=O) groups excluding carboxylic acids is 1. The number of aliphatic hydroxyl groups is 1. The van der Waals surface area contributed by atoms with Gasteiger partial charge in [-0.1, -0.05) is 63.2 Å². The van der Waals surface area contributed by atoms with Gasteiger partial charge in [0.05, 0.1) is 12.1 Å². The molecule has 1 aromatic heterocycles. The summed E-state index contributed by atoms with van der Waals surface area (Å²) in [5, 5.41) is 18.3. The molecule has 40 heavy (non-hydrogen) atoms. The van der Waals surface area contributed by atoms with Crippen molar-refractivity contribution >= 4 is 5.91 Å². The highest BCUT2D eigenvalue weighted by molar-refractivity contribution is 5.76. The van der Waals surface area contributed by atoms with Crippen molar-refractivity contribution in [1.82, 2.24) is 20.2 Å². The summed E-state index contributed by atoms with van der Waals surface area (Å²) in [5.41, 5.74) is 3.63. The van der Waals surface area contributed by atoms with Crippen molar-refractivity contribution < 1.29 is 14.6 Å². The second kappa shape index (κ2) is 11.8. The molecule has 2 aromatic carbocycles. The number of aromatic nitrogens is 2. The fourth-order valence-corrected chi connectivity index (χ4v) is 6.04. The van der Waals surface area contributed by atoms with Gasteiger partial charge in [-0.15, -0.1) is 0 Å². The molecule has 214 valence electrons. The molecule has 1 spiro atoms. The molecule has 1 amide bonds. The van der Waals surface area contributed by atoms with E-state index in [1.165, 1.54) is 17.5 Å². The van der Waals surface area contributed by atoms with Crippen LogP contribution in [0.1, 0.15) is 75.0 Å². The molecule has 7 nitrogen and oxygen atoms in total. The van der Waals surface area contributed by atoms with E-state index in [1.807, 2.05) is 41.8 Å². The van der Waals surface area contributed by atoms with Crippen molar-refractivity contribution in [2.75, 3.05) is 6.54 Å². The van der Waals surface area contributed by atoms with E-state index in [9.17, 15) is 9.90 Å². The molecule has 2 heterocycles. The van der Waals surface area contributed by atoms with E-state index in [-0.39, 0.29) is 29.5 Å². The number of aryl methyl sites for hydroxylation is 1. The lowest BCUT2D eigenvalue weighted by molar-refractivity contribution is -0.123. The minimum Gasteiger partial charge on any atom is -0.487 e. The van der Waals surface area contributed by atoms with Crippen LogP contribution in [0.2, 0.25) is 0 Å². The molecular formula is C33H44N4O3. The molecule has 7 heteroatoms. The van der Waals surface area contributed by atoms with Gasteiger partial charge in [0.1, 0.15) is 23.7 Å². The van der Waals surface area contributed by atoms with Crippen LogP contribution >= 0.6 is 0 Å². The normalized spacial score (nSPS) is 19.3. The average Bonchev–Trinajstić information content (AvgIpc) is 3.29. The van der Waals surface area contributed by atoms with Crippen molar-refractivity contribution in [3.8, 4) is 5.75 Å². The summed E-state index contributed by atoms with van der Waals surface area (Å²) < 4.78 is 8.36. The van der Waals surface area contributed by atoms with E-state index in [0.717, 1.165) is 42.8 Å². The van der Waals surface area contributed by atoms with E-state index in [1.54, 1.807) is 12.4 Å². The molecule has 0 unspecified atom stereocenters. The highest BCUT2D eigenvalue weighted by Gasteiger charge is 2.45. The van der Waals surface area contributed by atoms with E-state index in [0.29, 0.717) is 13.0 Å². The first-order valence-corrected chi connectivity index (χ1v) is 14.6. The quantitative estimate of drug-likeness (QED) is 0.338. The zero-order valence-corrected chi connectivity index (χ0v) is 24.3. The van der Waals surface area contributed by atoms with Crippen LogP contribution in [0.25, 0.3) is 0 Å². The van der Waals surface area contributed by atoms with Gasteiger partial charge in [0.2, 0.25) is 5.91 Å². The molecule has 1 aliphatic heterocycles. The monoisotopic (exact) mass is 544 g/mol. The number of aliphatic hydroxyl groups excluding tert-OH is 1. The Kier molecular flexibility index (Phi) is 8.34. The number of hydrogen-bond acceptors (Lipinski definition) is 5. The van der Waals surface area contributed by atoms with Gasteiger partial charge in [-0.3, -0.25) is 4.79 Å². The number of nitrogens with one attached hydrogen (secondary N) is 2. The maximum atomic E-state index is 13.0. The lowest BCUT2D eigenvalue weighted by Gasteiger charge is -2.48. The number of ether oxygens (including phenoxy) is 1. The summed E-state index contributed by atoms with van der Waals surface area (Å²) in [4.78, 5) is 17.2. The molecule has 1 aliphatic carbocycles. The third kappa shape index (κ3) is 6.94. The summed E-state index contributed by atoms with van der Waals surface area (Å²) >= 11 is 0. The van der Waals surface area contributed by atoms with Crippen molar-refractivity contribution in [2.45, 2.75) is 96.6 Å². The number of rotatable bonds is 10. The topological polar surface area (TPSA) is 88.4 Å². The predicted octanol–water partition coefficient (Wildman–Crippen LogP) is 4.90. The maximum Gasteiger partial charge on any atom is 0.240 e. The molecule has 3 N–H and O–H groups in total. The van der Waals surface area contributed by atoms with Gasteiger partial charge in [0.25, 0.3) is 0 Å². The second-order valence-corrected chi connectivity index (χ2v) is 12.9. The number of imidazole rings is 1. The first kappa shape index (κ1) is 28.4. The maximum absolute atomic E-state index is 13.0. The minimum absolute atomic E-state index is 0.0836. The first-order valence-electron chi connectivity index (χ1n) is 14.6. The standard InChI is InChI=1S/C33H44N4O3/c1-23-34-15-16-37(23)22-31(39)36-27(18-24-9-6-5-7-10-24)29(38)21-35-28-20-33(13-8-14-33)40-30-12-11-25(17-26(28)30)19-32(2,3)4/h5-7,9-12,15-17,27-29,35,38H,8,13-14,18-22H2,1-4H3,(H,36,39)/t27-,28-,29-/m0/s1. The summed E-state index contributed by atoms with van der Waals surface area (Å²) in [5.74, 6) is 1.60. The molecular weight excluding hydrogens is 500 g/mol. The Morgan fingerprint density at radius 1 is 1.18 bits per heavy atom. The molecule has 3 aromatic rings. The Morgan fingerprint density at radius 3 is 2.60 bits per heavy atom. The number of nitrogens with zero attached hydrogens (tertiary/aromatic N) is 2. The van der Waals surface area contributed by atoms with Gasteiger partial charge in [-0.2, -0.15) is 0 Å². The second-order valence-electron chi connectivity index (χ2n) is 12.9. The van der Waals surface area contributed by atoms with Gasteiger partial charge in [0.15, 0.2) is 0 Å². The third-order valence-corrected chi connectivity index (χ3v) is 8.27. The summed E-state index contributed by atoms with van der Waals surface area (Å²) in [7, 11) is 0. The molecule has 1 saturated carbocycles. The van der Waals surface area contributed by atoms with Crippen molar-refractivity contribution in [2.24, 2.45) is 5.41 Å². The van der Waals surface area contributed by atoms with Crippen molar-refractivity contribution in [3.05, 3.63) is 83.4 Å². The SMILES string of the molecule is Cc1nccn1CC(=O)N[C@@H](Cc1ccccc1)[C@@H](O)CN[C@H]1CC2(CCC2)Oc2ccc(CC(C)(C)C)cc21. The number of amides is 1. The first-order chi connectivity index (χ1) is 19.1. The van der Waals surface area contributed by atoms with Crippen LogP contribution in [-0.4, -0.2) is 44.9 Å². The van der Waals surface area contributed by atoms with E-state index in [4.69, 9.17) is 4.74 Å². The number of carbonyl (C=O) groups is 1. The molecule has 2 aliphatic rings. The van der Waals surface area contributed by atoms with Crippen LogP contribution in [0.4, 0.5) is 0 Å². The Hall–Kier alpha value is -3.16. The Morgan fingerprint density at radius 2 is 1.95 bits per heavy atom. The highest BCUT2D eigenvalue weighted by atomic mass is 16.5. The number of benzene rings is 2. The van der Waals surface area contributed by atoms with Gasteiger partial charge in [-0.05, 0) is 61.6 Å². The predicted molar refractivity (Wildman–Crippen MR) is 157 cm³/mol. The van der Waals surface area contributed by atoms with Crippen LogP contribution in [0.3, 0.4) is 0 Å². The summed E-state index contributed by atoms with van der Waals surface area (Å²) in [6, 6.07) is 16.3. The average molecular weight is 545 g/mol. The minimum atomic E-state index is -0.769. The molecule has 0 bridgehead atoms. The summed E-state index contributed by atoms with van der Waals surface area (Å²) in [6.45, 7) is 9.19. The Balaban J connectivity index is 1.31. The fraction of sp³-hybridized carbons (Fsp3) is 0.515. The smallest absolute Gasteiger partial charge is 0.240 e. The zero-order chi connectivity index (χ0) is 28.3. The Bertz CT molecular complexity index is 1290. The van der Waals surface area contributed by atoms with Gasteiger partial charge >= 0.3 is 0 Å². The Labute approximate surface area is 238 Å². The largest absolute Gasteiger partial charge is 0.487 e. The van der Waals surface area contributed by atoms with E-state index >= 15 is 0 Å². The molecule has 3 atom stereocenters. The number of hydrogen-bond donors (Lipinski definition) is 3. The zero-order valence-electron chi connectivity index (χ0n) is 24.3. The van der Waals surface area contributed by atoms with E-state index < -0.39 is 12.1 Å². The highest BCUT2D eigenvalue weighted by Crippen LogP contribution is 2.49. The third-order valence-electron chi connectivity index (χ3n) is 8.27. The molecule has 5 rings (SSSR count). The van der Waals surface area contributed by atoms with Gasteiger partial charge in [-0.25, -0.2) is 4.98 Å². The van der Waals surface area contributed by atoms with Gasteiger partial charge < -0.3 is 25.0 Å². The molecule has 0 radical (unpaired) electrons. The van der Waals surface area contributed by atoms with E-state index in [2.05, 4.69) is 54.6 Å². The molecule has 1 fully saturated rings. The van der Waals surface area contributed by atoms with Crippen LogP contribution in [0, 0.1) is 12.3 Å². The number of fused-ring (bicyclic) bond motifs is 1. The lowest BCUT2D eigenvalue weighted by Crippen LogP contribution is -2.52. The van der Waals surface area contributed by atoms with Gasteiger partial charge in [0, 0.05) is 37.0 Å².